The topological polar surface area (TPSA) is 77.8 Å². The number of aliphatic hydroxyl groups excluding tert-OH is 2. The molecule has 0 aromatic rings. The van der Waals surface area contributed by atoms with Crippen LogP contribution in [0.3, 0.4) is 0 Å². The van der Waals surface area contributed by atoms with Crippen LogP contribution in [0.4, 0.5) is 0 Å². The average Bonchev–Trinajstić information content (AvgIpc) is 2.96. The van der Waals surface area contributed by atoms with Gasteiger partial charge in [-0.2, -0.15) is 0 Å². The standard InChI is InChI=1S/C22H37BrO4/c1-4-5-14-22(2,3)15-8-10-17-16(12-13-18(17)23)9-6-7-11-19(24)20(25)21(26)27/h7,11,16-18,24-25H,4-6,8-10,12-15H2,1-3H3,(H,26,27)/t16-,17+,18+/m0/s1. The third-order valence-electron chi connectivity index (χ3n) is 5.91. The normalized spacial score (nSPS) is 24.4. The van der Waals surface area contributed by atoms with E-state index in [0.29, 0.717) is 22.1 Å². The second kappa shape index (κ2) is 11.8. The highest BCUT2D eigenvalue weighted by molar-refractivity contribution is 9.09. The SMILES string of the molecule is CCCCC(C)(C)CCC[C@@H]1[C@@H](CCC=CC(O)=C(O)C(=O)O)CC[C@H]1Br. The molecule has 3 N–H and O–H groups in total. The molecule has 4 nitrogen and oxygen atoms in total. The van der Waals surface area contributed by atoms with Gasteiger partial charge >= 0.3 is 5.97 Å². The van der Waals surface area contributed by atoms with Crippen LogP contribution in [-0.2, 0) is 4.79 Å². The van der Waals surface area contributed by atoms with Crippen LogP contribution in [-0.4, -0.2) is 26.1 Å². The maximum Gasteiger partial charge on any atom is 0.374 e. The highest BCUT2D eigenvalue weighted by Gasteiger charge is 2.33. The Labute approximate surface area is 172 Å². The van der Waals surface area contributed by atoms with Crippen molar-refractivity contribution in [2.45, 2.75) is 89.8 Å². The zero-order chi connectivity index (χ0) is 20.4. The third kappa shape index (κ3) is 8.71. The fourth-order valence-corrected chi connectivity index (χ4v) is 5.12. The molecule has 5 heteroatoms. The van der Waals surface area contributed by atoms with Crippen LogP contribution in [0.2, 0.25) is 0 Å². The van der Waals surface area contributed by atoms with Crippen molar-refractivity contribution in [3.8, 4) is 0 Å². The van der Waals surface area contributed by atoms with Gasteiger partial charge in [0.25, 0.3) is 0 Å². The zero-order valence-corrected chi connectivity index (χ0v) is 18.7. The summed E-state index contributed by atoms with van der Waals surface area (Å²) in [6.45, 7) is 7.02. The lowest BCUT2D eigenvalue weighted by atomic mass is 9.80. The summed E-state index contributed by atoms with van der Waals surface area (Å²) in [6, 6.07) is 0. The van der Waals surface area contributed by atoms with E-state index >= 15 is 0 Å². The fraction of sp³-hybridized carbons (Fsp3) is 0.773. The molecule has 0 aromatic heterocycles. The molecule has 156 valence electrons. The van der Waals surface area contributed by atoms with Gasteiger partial charge in [0.15, 0.2) is 5.76 Å². The first-order valence-corrected chi connectivity index (χ1v) is 11.3. The van der Waals surface area contributed by atoms with E-state index in [2.05, 4.69) is 36.7 Å². The number of allylic oxidation sites excluding steroid dienone is 2. The van der Waals surface area contributed by atoms with E-state index in [1.165, 1.54) is 57.4 Å². The molecule has 0 unspecified atom stereocenters. The van der Waals surface area contributed by atoms with Gasteiger partial charge in [-0.3, -0.25) is 0 Å². The largest absolute Gasteiger partial charge is 0.504 e. The Kier molecular flexibility index (Phi) is 10.5. The molecule has 1 aliphatic carbocycles. The number of hydrogen-bond acceptors (Lipinski definition) is 3. The summed E-state index contributed by atoms with van der Waals surface area (Å²) in [7, 11) is 0. The molecule has 27 heavy (non-hydrogen) atoms. The summed E-state index contributed by atoms with van der Waals surface area (Å²) in [5.41, 5.74) is 0.435. The highest BCUT2D eigenvalue weighted by atomic mass is 79.9. The molecule has 0 aliphatic heterocycles. The minimum absolute atomic E-state index is 0.435. The summed E-state index contributed by atoms with van der Waals surface area (Å²) in [5.74, 6) is -1.75. The van der Waals surface area contributed by atoms with Gasteiger partial charge in [0.05, 0.1) is 0 Å². The summed E-state index contributed by atoms with van der Waals surface area (Å²) in [5, 5.41) is 27.3. The van der Waals surface area contributed by atoms with E-state index < -0.39 is 17.5 Å². The molecule has 1 aliphatic rings. The smallest absolute Gasteiger partial charge is 0.374 e. The van der Waals surface area contributed by atoms with Crippen LogP contribution in [0, 0.1) is 17.3 Å². The van der Waals surface area contributed by atoms with Crippen LogP contribution in [0.15, 0.2) is 23.7 Å². The van der Waals surface area contributed by atoms with Crippen molar-refractivity contribution >= 4 is 21.9 Å². The predicted octanol–water partition coefficient (Wildman–Crippen LogP) is 6.91. The van der Waals surface area contributed by atoms with E-state index in [0.717, 1.165) is 12.8 Å². The maximum absolute atomic E-state index is 10.6. The number of aliphatic hydroxyl groups is 2. The van der Waals surface area contributed by atoms with Crippen LogP contribution >= 0.6 is 15.9 Å². The zero-order valence-electron chi connectivity index (χ0n) is 17.1. The van der Waals surface area contributed by atoms with Crippen LogP contribution < -0.4 is 0 Å². The van der Waals surface area contributed by atoms with Crippen LogP contribution in [0.25, 0.3) is 0 Å². The van der Waals surface area contributed by atoms with E-state index in [-0.39, 0.29) is 0 Å². The number of halogens is 1. The number of rotatable bonds is 12. The number of carboxylic acids is 1. The van der Waals surface area contributed by atoms with Gasteiger partial charge in [-0.05, 0) is 68.3 Å². The Hall–Kier alpha value is -0.970. The molecule has 0 aromatic carbocycles. The fourth-order valence-electron chi connectivity index (χ4n) is 4.16. The Morgan fingerprint density at radius 3 is 2.41 bits per heavy atom. The molecule has 0 radical (unpaired) electrons. The Morgan fingerprint density at radius 1 is 1.11 bits per heavy atom. The lowest BCUT2D eigenvalue weighted by Crippen LogP contribution is -2.17. The second-order valence-electron chi connectivity index (χ2n) is 8.70. The quantitative estimate of drug-likeness (QED) is 0.132. The van der Waals surface area contributed by atoms with Gasteiger partial charge in [0.2, 0.25) is 5.76 Å². The Bertz CT molecular complexity index is 524. The maximum atomic E-state index is 10.6. The third-order valence-corrected chi connectivity index (χ3v) is 7.04. The first kappa shape index (κ1) is 24.1. The lowest BCUT2D eigenvalue weighted by molar-refractivity contribution is -0.135. The van der Waals surface area contributed by atoms with Gasteiger partial charge in [-0.25, -0.2) is 4.79 Å². The van der Waals surface area contributed by atoms with Crippen molar-refractivity contribution in [2.24, 2.45) is 17.3 Å². The molecule has 1 fully saturated rings. The van der Waals surface area contributed by atoms with Gasteiger partial charge in [-0.1, -0.05) is 62.0 Å². The molecular formula is C22H37BrO4. The molecule has 1 rings (SSSR count). The summed E-state index contributed by atoms with van der Waals surface area (Å²) in [6.07, 6.45) is 15.0. The number of unbranched alkanes of at least 4 members (excludes halogenated alkanes) is 1. The number of carbonyl (C=O) groups is 1. The van der Waals surface area contributed by atoms with Crippen molar-refractivity contribution in [3.05, 3.63) is 23.7 Å². The molecule has 1 saturated carbocycles. The van der Waals surface area contributed by atoms with Crippen molar-refractivity contribution < 1.29 is 20.1 Å². The van der Waals surface area contributed by atoms with Crippen molar-refractivity contribution in [3.63, 3.8) is 0 Å². The van der Waals surface area contributed by atoms with E-state index in [1.54, 1.807) is 6.08 Å². The predicted molar refractivity (Wildman–Crippen MR) is 114 cm³/mol. The highest BCUT2D eigenvalue weighted by Crippen LogP contribution is 2.43. The number of carboxylic acid groups (broad SMARTS) is 1. The monoisotopic (exact) mass is 444 g/mol. The van der Waals surface area contributed by atoms with Crippen LogP contribution in [0.5, 0.6) is 0 Å². The van der Waals surface area contributed by atoms with Gasteiger partial charge in [-0.15, -0.1) is 0 Å². The van der Waals surface area contributed by atoms with Crippen molar-refractivity contribution in [2.75, 3.05) is 0 Å². The lowest BCUT2D eigenvalue weighted by Gasteiger charge is -2.27. The first-order chi connectivity index (χ1) is 12.7. The number of alkyl halides is 1. The Balaban J connectivity index is 2.45. The van der Waals surface area contributed by atoms with Crippen molar-refractivity contribution in [1.82, 2.24) is 0 Å². The van der Waals surface area contributed by atoms with E-state index in [9.17, 15) is 15.0 Å². The van der Waals surface area contributed by atoms with Gasteiger partial charge in [0, 0.05) is 4.83 Å². The average molecular weight is 445 g/mol. The van der Waals surface area contributed by atoms with E-state index in [4.69, 9.17) is 5.11 Å². The summed E-state index contributed by atoms with van der Waals surface area (Å²) >= 11 is 3.87. The van der Waals surface area contributed by atoms with E-state index in [1.807, 2.05) is 0 Å². The molecule has 0 spiro atoms. The van der Waals surface area contributed by atoms with Crippen LogP contribution in [0.1, 0.15) is 85.0 Å². The molecule has 0 amide bonds. The number of hydrogen-bond donors (Lipinski definition) is 3. The molecular weight excluding hydrogens is 408 g/mol. The summed E-state index contributed by atoms with van der Waals surface area (Å²) in [4.78, 5) is 11.2. The Morgan fingerprint density at radius 2 is 1.78 bits per heavy atom. The van der Waals surface area contributed by atoms with Crippen molar-refractivity contribution in [1.29, 1.82) is 0 Å². The minimum Gasteiger partial charge on any atom is -0.504 e. The van der Waals surface area contributed by atoms with Gasteiger partial charge in [0.1, 0.15) is 0 Å². The minimum atomic E-state index is -1.52. The first-order valence-electron chi connectivity index (χ1n) is 10.3. The molecule has 3 atom stereocenters. The summed E-state index contributed by atoms with van der Waals surface area (Å²) < 4.78 is 0. The number of aliphatic carboxylic acids is 1. The molecule has 0 saturated heterocycles. The molecule has 0 bridgehead atoms. The van der Waals surface area contributed by atoms with Gasteiger partial charge < -0.3 is 15.3 Å². The second-order valence-corrected chi connectivity index (χ2v) is 9.87. The molecule has 0 heterocycles.